The Bertz CT molecular complexity index is 293. The minimum Gasteiger partial charge on any atom is -0.444 e. The van der Waals surface area contributed by atoms with Gasteiger partial charge < -0.3 is 14.8 Å². The first kappa shape index (κ1) is 14.9. The summed E-state index contributed by atoms with van der Waals surface area (Å²) in [6.45, 7) is 7.37. The van der Waals surface area contributed by atoms with Crippen LogP contribution in [0, 0.1) is 0 Å². The molecule has 1 rings (SSSR count). The topological polar surface area (TPSA) is 76.7 Å². The van der Waals surface area contributed by atoms with Crippen LogP contribution in [0.15, 0.2) is 0 Å². The Morgan fingerprint density at radius 3 is 2.72 bits per heavy atom. The molecule has 2 amide bonds. The van der Waals surface area contributed by atoms with E-state index < -0.39 is 11.7 Å². The average Bonchev–Trinajstić information content (AvgIpc) is 2.25. The quantitative estimate of drug-likeness (QED) is 0.783. The smallest absolute Gasteiger partial charge is 0.414 e. The third-order valence-corrected chi connectivity index (χ3v) is 2.36. The van der Waals surface area contributed by atoms with Crippen molar-refractivity contribution in [2.45, 2.75) is 45.3 Å². The molecule has 0 aromatic heterocycles. The Morgan fingerprint density at radius 1 is 1.44 bits per heavy atom. The summed E-state index contributed by atoms with van der Waals surface area (Å²) in [7, 11) is 0. The van der Waals surface area contributed by atoms with Crippen molar-refractivity contribution in [2.24, 2.45) is 0 Å². The number of hydrogen-bond donors (Lipinski definition) is 2. The summed E-state index contributed by atoms with van der Waals surface area (Å²) in [5.74, 6) is -0.323. The summed E-state index contributed by atoms with van der Waals surface area (Å²) >= 11 is 0. The highest BCUT2D eigenvalue weighted by molar-refractivity contribution is 5.91. The summed E-state index contributed by atoms with van der Waals surface area (Å²) in [5, 5.41) is 5.45. The first-order valence-electron chi connectivity index (χ1n) is 6.21. The van der Waals surface area contributed by atoms with Crippen molar-refractivity contribution >= 4 is 12.0 Å². The van der Waals surface area contributed by atoms with Gasteiger partial charge in [-0.15, -0.1) is 0 Å². The zero-order valence-corrected chi connectivity index (χ0v) is 11.2. The molecule has 0 aromatic rings. The van der Waals surface area contributed by atoms with Gasteiger partial charge >= 0.3 is 6.09 Å². The van der Waals surface area contributed by atoms with E-state index in [2.05, 4.69) is 10.6 Å². The summed E-state index contributed by atoms with van der Waals surface area (Å²) in [6, 6.07) is 0.183. The van der Waals surface area contributed by atoms with Crippen LogP contribution < -0.4 is 10.6 Å². The van der Waals surface area contributed by atoms with E-state index in [1.165, 1.54) is 0 Å². The van der Waals surface area contributed by atoms with Gasteiger partial charge in [-0.25, -0.2) is 4.79 Å². The molecule has 0 aliphatic carbocycles. The van der Waals surface area contributed by atoms with Gasteiger partial charge in [-0.1, -0.05) is 0 Å². The predicted octanol–water partition coefficient (Wildman–Crippen LogP) is 0.806. The van der Waals surface area contributed by atoms with Crippen molar-refractivity contribution in [3.63, 3.8) is 0 Å². The number of amides is 2. The molecule has 1 fully saturated rings. The number of carbonyl (C=O) groups is 2. The third kappa shape index (κ3) is 6.56. The van der Waals surface area contributed by atoms with Gasteiger partial charge in [0.05, 0.1) is 13.2 Å². The SMILES string of the molecule is CC(C)(C)OC(=O)NC(=O)CC[C@@H]1COCCN1. The van der Waals surface area contributed by atoms with Gasteiger partial charge in [0, 0.05) is 19.0 Å². The highest BCUT2D eigenvalue weighted by Crippen LogP contribution is 2.07. The zero-order valence-electron chi connectivity index (χ0n) is 11.2. The first-order chi connectivity index (χ1) is 8.37. The minimum absolute atomic E-state index is 0.183. The molecule has 0 unspecified atom stereocenters. The van der Waals surface area contributed by atoms with Gasteiger partial charge in [0.2, 0.25) is 5.91 Å². The van der Waals surface area contributed by atoms with Gasteiger partial charge in [-0.2, -0.15) is 0 Å². The van der Waals surface area contributed by atoms with Crippen molar-refractivity contribution in [2.75, 3.05) is 19.8 Å². The van der Waals surface area contributed by atoms with Gasteiger partial charge in [0.1, 0.15) is 5.60 Å². The first-order valence-corrected chi connectivity index (χ1v) is 6.21. The standard InChI is InChI=1S/C12H22N2O4/c1-12(2,3)18-11(16)14-10(15)5-4-9-8-17-7-6-13-9/h9,13H,4-8H2,1-3H3,(H,14,15,16)/t9-/m1/s1. The van der Waals surface area contributed by atoms with Gasteiger partial charge in [0.25, 0.3) is 0 Å². The van der Waals surface area contributed by atoms with Crippen molar-refractivity contribution in [3.05, 3.63) is 0 Å². The lowest BCUT2D eigenvalue weighted by atomic mass is 10.1. The lowest BCUT2D eigenvalue weighted by Gasteiger charge is -2.23. The zero-order chi connectivity index (χ0) is 13.6. The second kappa shape index (κ2) is 6.70. The molecule has 1 heterocycles. The maximum Gasteiger partial charge on any atom is 0.414 e. The molecule has 6 nitrogen and oxygen atoms in total. The fraction of sp³-hybridized carbons (Fsp3) is 0.833. The van der Waals surface area contributed by atoms with Crippen molar-refractivity contribution in [1.82, 2.24) is 10.6 Å². The van der Waals surface area contributed by atoms with E-state index in [0.717, 1.165) is 6.54 Å². The highest BCUT2D eigenvalue weighted by Gasteiger charge is 2.19. The highest BCUT2D eigenvalue weighted by atomic mass is 16.6. The summed E-state index contributed by atoms with van der Waals surface area (Å²) in [5.41, 5.74) is -0.594. The predicted molar refractivity (Wildman–Crippen MR) is 66.2 cm³/mol. The largest absolute Gasteiger partial charge is 0.444 e. The van der Waals surface area contributed by atoms with Crippen LogP contribution >= 0.6 is 0 Å². The van der Waals surface area contributed by atoms with Crippen LogP contribution in [0.1, 0.15) is 33.6 Å². The van der Waals surface area contributed by atoms with Crippen LogP contribution in [0.5, 0.6) is 0 Å². The number of hydrogen-bond acceptors (Lipinski definition) is 5. The molecule has 1 aliphatic rings. The van der Waals surface area contributed by atoms with E-state index in [9.17, 15) is 9.59 Å². The molecule has 0 saturated carbocycles. The summed E-state index contributed by atoms with van der Waals surface area (Å²) in [4.78, 5) is 22.8. The molecule has 6 heteroatoms. The second-order valence-electron chi connectivity index (χ2n) is 5.31. The Morgan fingerprint density at radius 2 is 2.17 bits per heavy atom. The fourth-order valence-electron chi connectivity index (χ4n) is 1.59. The number of morpholine rings is 1. The molecule has 1 atom stereocenters. The molecule has 2 N–H and O–H groups in total. The lowest BCUT2D eigenvalue weighted by Crippen LogP contribution is -2.42. The molecule has 0 spiro atoms. The molecule has 104 valence electrons. The monoisotopic (exact) mass is 258 g/mol. The van der Waals surface area contributed by atoms with Gasteiger partial charge in [-0.05, 0) is 27.2 Å². The molecule has 0 aromatic carbocycles. The fourth-order valence-corrected chi connectivity index (χ4v) is 1.59. The summed E-state index contributed by atoms with van der Waals surface area (Å²) < 4.78 is 10.3. The summed E-state index contributed by atoms with van der Waals surface area (Å²) in [6.07, 6.45) is 0.231. The van der Waals surface area contributed by atoms with E-state index >= 15 is 0 Å². The molecule has 0 radical (unpaired) electrons. The third-order valence-electron chi connectivity index (χ3n) is 2.36. The van der Waals surface area contributed by atoms with Crippen LogP contribution in [0.3, 0.4) is 0 Å². The van der Waals surface area contributed by atoms with Crippen LogP contribution in [0.2, 0.25) is 0 Å². The van der Waals surface area contributed by atoms with Crippen LogP contribution in [0.4, 0.5) is 4.79 Å². The number of alkyl carbamates (subject to hydrolysis) is 1. The average molecular weight is 258 g/mol. The van der Waals surface area contributed by atoms with Gasteiger partial charge in [0.15, 0.2) is 0 Å². The molecule has 18 heavy (non-hydrogen) atoms. The van der Waals surface area contributed by atoms with E-state index in [1.54, 1.807) is 20.8 Å². The van der Waals surface area contributed by atoms with Crippen LogP contribution in [-0.2, 0) is 14.3 Å². The number of ether oxygens (including phenoxy) is 2. The number of carbonyl (C=O) groups excluding carboxylic acids is 2. The van der Waals surface area contributed by atoms with Crippen LogP contribution in [-0.4, -0.2) is 43.4 Å². The van der Waals surface area contributed by atoms with E-state index in [0.29, 0.717) is 19.6 Å². The van der Waals surface area contributed by atoms with Crippen molar-refractivity contribution in [3.8, 4) is 0 Å². The number of imide groups is 1. The second-order valence-corrected chi connectivity index (χ2v) is 5.31. The molecule has 1 aliphatic heterocycles. The normalized spacial score (nSPS) is 20.3. The molecular weight excluding hydrogens is 236 g/mol. The van der Waals surface area contributed by atoms with E-state index in [-0.39, 0.29) is 18.4 Å². The number of nitrogens with one attached hydrogen (secondary N) is 2. The Balaban J connectivity index is 2.18. The molecule has 1 saturated heterocycles. The Kier molecular flexibility index (Phi) is 5.55. The van der Waals surface area contributed by atoms with Crippen molar-refractivity contribution < 1.29 is 19.1 Å². The lowest BCUT2D eigenvalue weighted by molar-refractivity contribution is -0.121. The van der Waals surface area contributed by atoms with E-state index in [4.69, 9.17) is 9.47 Å². The van der Waals surface area contributed by atoms with E-state index in [1.807, 2.05) is 0 Å². The van der Waals surface area contributed by atoms with Gasteiger partial charge in [-0.3, -0.25) is 10.1 Å². The van der Waals surface area contributed by atoms with Crippen LogP contribution in [0.25, 0.3) is 0 Å². The minimum atomic E-state index is -0.694. The Labute approximate surface area is 107 Å². The maximum atomic E-state index is 11.5. The molecular formula is C12H22N2O4. The van der Waals surface area contributed by atoms with Crippen molar-refractivity contribution in [1.29, 1.82) is 0 Å². The number of rotatable bonds is 3. The Hall–Kier alpha value is -1.14. The molecule has 0 bridgehead atoms. The maximum absolute atomic E-state index is 11.5.